The minimum Gasteiger partial charge on any atom is -0.388 e. The summed E-state index contributed by atoms with van der Waals surface area (Å²) in [5, 5.41) is 9.11. The number of aliphatic hydroxyl groups is 1. The Hall–Kier alpha value is -2.71. The maximum Gasteiger partial charge on any atom is 0.188 e. The molecular weight excluding hydrogens is 284 g/mol. The highest BCUT2D eigenvalue weighted by Crippen LogP contribution is 2.47. The van der Waals surface area contributed by atoms with E-state index < -0.39 is 6.61 Å². The van der Waals surface area contributed by atoms with E-state index in [4.69, 9.17) is 5.11 Å². The molecule has 2 heteroatoms. The number of carbonyl (C=O) groups is 1. The molecule has 0 amide bonds. The summed E-state index contributed by atoms with van der Waals surface area (Å²) in [5.41, 5.74) is 6.69. The van der Waals surface area contributed by atoms with Gasteiger partial charge in [0.2, 0.25) is 0 Å². The zero-order valence-electron chi connectivity index (χ0n) is 12.6. The number of Topliss-reactive ketones (excluding diaryl/α,β-unsaturated/α-hetero) is 1. The summed E-state index contributed by atoms with van der Waals surface area (Å²) in [6.07, 6.45) is 0. The second-order valence-corrected chi connectivity index (χ2v) is 5.81. The van der Waals surface area contributed by atoms with E-state index in [2.05, 4.69) is 54.6 Å². The minimum absolute atomic E-state index is 0.133. The van der Waals surface area contributed by atoms with Gasteiger partial charge in [0.05, 0.1) is 0 Å². The molecule has 0 saturated carbocycles. The fraction of sp³-hybridized carbons (Fsp3) is 0.0952. The Kier molecular flexibility index (Phi) is 3.32. The van der Waals surface area contributed by atoms with Crippen molar-refractivity contribution in [1.82, 2.24) is 0 Å². The monoisotopic (exact) mass is 300 g/mol. The van der Waals surface area contributed by atoms with Gasteiger partial charge in [-0.15, -0.1) is 0 Å². The molecule has 1 N–H and O–H groups in total. The van der Waals surface area contributed by atoms with E-state index in [0.717, 1.165) is 5.56 Å². The van der Waals surface area contributed by atoms with E-state index in [1.165, 1.54) is 22.3 Å². The maximum atomic E-state index is 11.8. The minimum atomic E-state index is -0.457. The van der Waals surface area contributed by atoms with Crippen molar-refractivity contribution in [3.8, 4) is 11.1 Å². The van der Waals surface area contributed by atoms with Crippen molar-refractivity contribution in [2.75, 3.05) is 6.61 Å². The molecule has 0 aliphatic heterocycles. The predicted octanol–water partition coefficient (Wildman–Crippen LogP) is 4.02. The van der Waals surface area contributed by atoms with E-state index in [0.29, 0.717) is 5.56 Å². The summed E-state index contributed by atoms with van der Waals surface area (Å²) in [5.74, 6) is -0.111. The summed E-state index contributed by atoms with van der Waals surface area (Å²) in [7, 11) is 0. The number of ketones is 1. The van der Waals surface area contributed by atoms with Crippen LogP contribution >= 0.6 is 0 Å². The molecule has 2 nitrogen and oxygen atoms in total. The number of hydrogen-bond donors (Lipinski definition) is 1. The molecule has 1 aliphatic carbocycles. The highest BCUT2D eigenvalue weighted by Gasteiger charge is 2.29. The third kappa shape index (κ3) is 2.19. The molecule has 23 heavy (non-hydrogen) atoms. The lowest BCUT2D eigenvalue weighted by Gasteiger charge is -2.15. The molecule has 0 fully saturated rings. The number of hydrogen-bond acceptors (Lipinski definition) is 2. The molecular formula is C21H16O2. The average Bonchev–Trinajstić information content (AvgIpc) is 2.96. The highest BCUT2D eigenvalue weighted by molar-refractivity contribution is 5.97. The van der Waals surface area contributed by atoms with Gasteiger partial charge in [-0.3, -0.25) is 4.79 Å². The first kappa shape index (κ1) is 13.9. The Morgan fingerprint density at radius 2 is 1.43 bits per heavy atom. The van der Waals surface area contributed by atoms with E-state index in [1.807, 2.05) is 12.1 Å². The van der Waals surface area contributed by atoms with Crippen LogP contribution in [0.15, 0.2) is 72.8 Å². The molecule has 112 valence electrons. The molecule has 3 aromatic rings. The lowest BCUT2D eigenvalue weighted by Crippen LogP contribution is -2.06. The number of aliphatic hydroxyl groups excluding tert-OH is 1. The Balaban J connectivity index is 1.91. The van der Waals surface area contributed by atoms with Crippen molar-refractivity contribution in [1.29, 1.82) is 0 Å². The van der Waals surface area contributed by atoms with Crippen molar-refractivity contribution >= 4 is 5.78 Å². The summed E-state index contributed by atoms with van der Waals surface area (Å²) in [4.78, 5) is 11.8. The van der Waals surface area contributed by atoms with Gasteiger partial charge < -0.3 is 5.11 Å². The van der Waals surface area contributed by atoms with Gasteiger partial charge in [-0.2, -0.15) is 0 Å². The van der Waals surface area contributed by atoms with Gasteiger partial charge in [0.1, 0.15) is 6.61 Å². The van der Waals surface area contributed by atoms with E-state index in [-0.39, 0.29) is 11.7 Å². The summed E-state index contributed by atoms with van der Waals surface area (Å²) in [6.45, 7) is -0.457. The molecule has 1 aliphatic rings. The average molecular weight is 300 g/mol. The number of fused-ring (bicyclic) bond motifs is 3. The molecule has 4 rings (SSSR count). The molecule has 0 bridgehead atoms. The molecule has 3 aromatic carbocycles. The molecule has 0 heterocycles. The smallest absolute Gasteiger partial charge is 0.188 e. The van der Waals surface area contributed by atoms with Crippen molar-refractivity contribution in [2.45, 2.75) is 5.92 Å². The van der Waals surface area contributed by atoms with Crippen molar-refractivity contribution in [2.24, 2.45) is 0 Å². The number of benzene rings is 3. The van der Waals surface area contributed by atoms with Crippen LogP contribution in [0.3, 0.4) is 0 Å². The number of carbonyl (C=O) groups excluding carboxylic acids is 1. The molecule has 0 saturated heterocycles. The van der Waals surface area contributed by atoms with Gasteiger partial charge in [-0.1, -0.05) is 66.7 Å². The van der Waals surface area contributed by atoms with Gasteiger partial charge in [0.15, 0.2) is 5.78 Å². The van der Waals surface area contributed by atoms with Crippen LogP contribution in [0.2, 0.25) is 0 Å². The van der Waals surface area contributed by atoms with Crippen LogP contribution in [0.4, 0.5) is 0 Å². The van der Waals surface area contributed by atoms with Crippen LogP contribution in [-0.4, -0.2) is 17.5 Å². The topological polar surface area (TPSA) is 37.3 Å². The maximum absolute atomic E-state index is 11.8. The normalized spacial score (nSPS) is 12.7. The Morgan fingerprint density at radius 1 is 0.826 bits per heavy atom. The first-order valence-electron chi connectivity index (χ1n) is 7.72. The van der Waals surface area contributed by atoms with Crippen LogP contribution in [0.25, 0.3) is 11.1 Å². The Morgan fingerprint density at radius 3 is 2.04 bits per heavy atom. The third-order valence-corrected chi connectivity index (χ3v) is 4.52. The molecule has 0 atom stereocenters. The van der Waals surface area contributed by atoms with E-state index >= 15 is 0 Å². The van der Waals surface area contributed by atoms with E-state index in [9.17, 15) is 4.79 Å². The first-order chi connectivity index (χ1) is 11.3. The quantitative estimate of drug-likeness (QED) is 0.580. The third-order valence-electron chi connectivity index (χ3n) is 4.52. The zero-order chi connectivity index (χ0) is 15.8. The molecule has 0 unspecified atom stereocenters. The lowest BCUT2D eigenvalue weighted by atomic mass is 9.88. The summed E-state index contributed by atoms with van der Waals surface area (Å²) < 4.78 is 0. The Labute approximate surface area is 135 Å². The predicted molar refractivity (Wildman–Crippen MR) is 90.7 cm³/mol. The van der Waals surface area contributed by atoms with Gasteiger partial charge in [-0.25, -0.2) is 0 Å². The Bertz CT molecular complexity index is 850. The van der Waals surface area contributed by atoms with E-state index in [1.54, 1.807) is 6.07 Å². The fourth-order valence-electron chi connectivity index (χ4n) is 3.50. The van der Waals surface area contributed by atoms with Gasteiger partial charge in [0.25, 0.3) is 0 Å². The zero-order valence-corrected chi connectivity index (χ0v) is 12.6. The van der Waals surface area contributed by atoms with Crippen LogP contribution in [0, 0.1) is 0 Å². The first-order valence-corrected chi connectivity index (χ1v) is 7.72. The second-order valence-electron chi connectivity index (χ2n) is 5.81. The standard InChI is InChI=1S/C21H16O2/c22-13-20(23)14-6-5-7-15(12-14)21-18-10-3-1-8-16(18)17-9-2-4-11-19(17)21/h1-12,21-22H,13H2. The van der Waals surface area contributed by atoms with Crippen LogP contribution < -0.4 is 0 Å². The van der Waals surface area contributed by atoms with Crippen LogP contribution in [0.5, 0.6) is 0 Å². The van der Waals surface area contributed by atoms with Crippen molar-refractivity contribution in [3.05, 3.63) is 95.1 Å². The fourth-order valence-corrected chi connectivity index (χ4v) is 3.50. The molecule has 0 radical (unpaired) electrons. The van der Waals surface area contributed by atoms with Crippen molar-refractivity contribution < 1.29 is 9.90 Å². The number of rotatable bonds is 3. The SMILES string of the molecule is O=C(CO)c1cccc(C2c3ccccc3-c3ccccc32)c1. The summed E-state index contributed by atoms with van der Waals surface area (Å²) >= 11 is 0. The largest absolute Gasteiger partial charge is 0.388 e. The second kappa shape index (κ2) is 5.49. The van der Waals surface area contributed by atoms with Gasteiger partial charge in [0, 0.05) is 11.5 Å². The molecule has 0 spiro atoms. The van der Waals surface area contributed by atoms with Gasteiger partial charge in [-0.05, 0) is 33.9 Å². The van der Waals surface area contributed by atoms with Crippen LogP contribution in [-0.2, 0) is 0 Å². The van der Waals surface area contributed by atoms with Crippen molar-refractivity contribution in [3.63, 3.8) is 0 Å². The highest BCUT2D eigenvalue weighted by atomic mass is 16.3. The molecule has 0 aromatic heterocycles. The summed E-state index contributed by atoms with van der Waals surface area (Å²) in [6, 6.07) is 24.4. The lowest BCUT2D eigenvalue weighted by molar-refractivity contribution is 0.0903. The van der Waals surface area contributed by atoms with Gasteiger partial charge >= 0.3 is 0 Å². The van der Waals surface area contributed by atoms with Crippen LogP contribution in [0.1, 0.15) is 33.0 Å².